The summed E-state index contributed by atoms with van der Waals surface area (Å²) in [7, 11) is 0.395. The second kappa shape index (κ2) is 30.9. The molecule has 23 nitrogen and oxygen atoms in total. The number of aromatic amines is 2. The van der Waals surface area contributed by atoms with Gasteiger partial charge in [0.25, 0.3) is 0 Å². The first-order valence-corrected chi connectivity index (χ1v) is 29.8. The first kappa shape index (κ1) is 65.7. The Balaban J connectivity index is 0.000000237. The van der Waals surface area contributed by atoms with E-state index in [1.165, 1.54) is 6.08 Å². The molecule has 0 unspecified atom stereocenters. The van der Waals surface area contributed by atoms with E-state index in [1.807, 2.05) is 74.4 Å². The van der Waals surface area contributed by atoms with Crippen molar-refractivity contribution >= 4 is 101 Å². The molecule has 2 aliphatic heterocycles. The minimum Gasteiger partial charge on any atom is -0.478 e. The number of carboxylic acid groups (broad SMARTS) is 1. The average Bonchev–Trinajstić information content (AvgIpc) is 4.35. The van der Waals surface area contributed by atoms with Crippen LogP contribution in [0.2, 0.25) is 0 Å². The van der Waals surface area contributed by atoms with Crippen molar-refractivity contribution in [3.8, 4) is 22.5 Å². The van der Waals surface area contributed by atoms with E-state index in [4.69, 9.17) is 20.3 Å². The molecule has 2 fully saturated rings. The summed E-state index contributed by atoms with van der Waals surface area (Å²) < 4.78 is 66.9. The van der Waals surface area contributed by atoms with E-state index in [0.717, 1.165) is 88.5 Å². The van der Waals surface area contributed by atoms with Gasteiger partial charge in [0.05, 0.1) is 48.7 Å². The minimum absolute atomic E-state index is 0. The molecule has 0 bridgehead atoms. The van der Waals surface area contributed by atoms with Gasteiger partial charge < -0.3 is 55.2 Å². The van der Waals surface area contributed by atoms with Crippen LogP contribution in [0.15, 0.2) is 146 Å². The Labute approximate surface area is 501 Å². The maximum Gasteiger partial charge on any atom is 0.328 e. The van der Waals surface area contributed by atoms with Crippen molar-refractivity contribution in [3.63, 3.8) is 0 Å². The summed E-state index contributed by atoms with van der Waals surface area (Å²) in [6.45, 7) is 7.15. The summed E-state index contributed by atoms with van der Waals surface area (Å²) >= 11 is 0. The summed E-state index contributed by atoms with van der Waals surface area (Å²) in [5.74, 6) is 0.305. The molecule has 26 heteroatoms. The number of anilines is 6. The molecule has 0 aliphatic carbocycles. The van der Waals surface area contributed by atoms with Crippen LogP contribution in [0.25, 0.3) is 44.6 Å². The number of carbonyl (C=O) groups is 2. The summed E-state index contributed by atoms with van der Waals surface area (Å²) in [6.07, 6.45) is 9.10. The van der Waals surface area contributed by atoms with Crippen LogP contribution in [-0.2, 0) is 50.6 Å². The van der Waals surface area contributed by atoms with Crippen LogP contribution in [0.3, 0.4) is 0 Å². The zero-order valence-corrected chi connectivity index (χ0v) is 49.4. The van der Waals surface area contributed by atoms with Crippen molar-refractivity contribution in [3.05, 3.63) is 157 Å². The number of H-pyrrole nitrogens is 2. The highest BCUT2D eigenvalue weighted by atomic mass is 35.5. The Kier molecular flexibility index (Phi) is 23.9. The standard InChI is InChI=1S/C29H33N7O4S.C23H24N6O3S.C6H11NO2.CH4.ClH/c1-35(2)13-3-4-27(37)32-23-9-5-21(6-10-23)19-41(38,39)34-24-11-7-22(8-12-24)26-18-25-28(33-26)30-20-31-29(25)36-14-16-40-17-15-36;24-18-5-1-16(2-6-18)14-33(30,31)28-19-7-3-17(4-8-19)21-13-20-22(27-21)25-15-26-23(20)29-9-11-32-12-10-29;1-7(2)5-3-4-6(8)9;;/h3-12,18,20,34H,13-17,19H2,1-2H3,(H,32,37)(H,30,31,33);1-8,13,15,28H,9-12,14,24H2,(H,25,26,27);3-4H,5H2,1-2H3,(H,8,9);1H4;1H/b4-3+;;4-3+;;. The number of hydrogen-bond acceptors (Lipinski definition) is 17. The lowest BCUT2D eigenvalue weighted by Gasteiger charge is -2.27. The highest BCUT2D eigenvalue weighted by molar-refractivity contribution is 7.92. The van der Waals surface area contributed by atoms with Crippen LogP contribution < -0.4 is 30.3 Å². The van der Waals surface area contributed by atoms with Gasteiger partial charge in [0, 0.05) is 85.6 Å². The molecule has 4 aromatic heterocycles. The van der Waals surface area contributed by atoms with Crippen LogP contribution in [0.5, 0.6) is 0 Å². The number of aliphatic carboxylic acids is 1. The molecule has 1 amide bonds. The molecule has 10 rings (SSSR count). The van der Waals surface area contributed by atoms with Gasteiger partial charge in [-0.3, -0.25) is 14.2 Å². The van der Waals surface area contributed by atoms with Gasteiger partial charge in [-0.25, -0.2) is 41.6 Å². The smallest absolute Gasteiger partial charge is 0.328 e. The molecule has 0 radical (unpaired) electrons. The number of carboxylic acids is 1. The second-order valence-corrected chi connectivity index (χ2v) is 23.4. The zero-order valence-electron chi connectivity index (χ0n) is 46.9. The first-order chi connectivity index (χ1) is 39.8. The third kappa shape index (κ3) is 19.8. The number of carbonyl (C=O) groups excluding carboxylic acids is 1. The molecule has 4 aromatic carbocycles. The molecular formula is C59H73ClN14O9S2. The number of fused-ring (bicyclic) bond motifs is 2. The lowest BCUT2D eigenvalue weighted by Crippen LogP contribution is -2.36. The highest BCUT2D eigenvalue weighted by Crippen LogP contribution is 2.32. The zero-order chi connectivity index (χ0) is 58.9. The van der Waals surface area contributed by atoms with E-state index < -0.39 is 26.0 Å². The fourth-order valence-electron chi connectivity index (χ4n) is 8.74. The lowest BCUT2D eigenvalue weighted by atomic mass is 10.1. The molecule has 6 heterocycles. The minimum atomic E-state index is -3.65. The van der Waals surface area contributed by atoms with Gasteiger partial charge in [-0.2, -0.15) is 0 Å². The predicted octanol–water partition coefficient (Wildman–Crippen LogP) is 7.69. The normalized spacial score (nSPS) is 13.6. The highest BCUT2D eigenvalue weighted by Gasteiger charge is 2.20. The van der Waals surface area contributed by atoms with Crippen molar-refractivity contribution in [1.29, 1.82) is 0 Å². The van der Waals surface area contributed by atoms with Gasteiger partial charge in [-0.15, -0.1) is 12.4 Å². The number of likely N-dealkylation sites (N-methyl/N-ethyl adjacent to an activating group) is 2. The van der Waals surface area contributed by atoms with E-state index in [9.17, 15) is 26.4 Å². The number of rotatable bonds is 19. The van der Waals surface area contributed by atoms with Crippen LogP contribution in [0.4, 0.5) is 34.4 Å². The molecule has 0 atom stereocenters. The fourth-order valence-corrected chi connectivity index (χ4v) is 11.1. The Morgan fingerprint density at radius 2 is 0.988 bits per heavy atom. The third-order valence-electron chi connectivity index (χ3n) is 12.8. The number of halogens is 1. The van der Waals surface area contributed by atoms with E-state index in [-0.39, 0.29) is 37.2 Å². The maximum atomic E-state index is 12.8. The molecule has 452 valence electrons. The Hall–Kier alpha value is -8.43. The Morgan fingerprint density at radius 1 is 0.600 bits per heavy atom. The van der Waals surface area contributed by atoms with E-state index >= 15 is 0 Å². The summed E-state index contributed by atoms with van der Waals surface area (Å²) in [5.41, 5.74) is 14.2. The van der Waals surface area contributed by atoms with Crippen molar-refractivity contribution in [2.24, 2.45) is 0 Å². The lowest BCUT2D eigenvalue weighted by molar-refractivity contribution is -0.131. The number of benzene rings is 4. The van der Waals surface area contributed by atoms with Crippen molar-refractivity contribution in [2.75, 3.05) is 124 Å². The number of nitrogens with two attached hydrogens (primary N) is 1. The quantitative estimate of drug-likeness (QED) is 0.0301. The number of nitrogens with zero attached hydrogens (tertiary/aromatic N) is 8. The number of amides is 1. The van der Waals surface area contributed by atoms with Crippen LogP contribution in [0, 0.1) is 0 Å². The molecule has 2 aliphatic rings. The molecule has 0 saturated carbocycles. The molecular weight excluding hydrogens is 1150 g/mol. The number of sulfonamides is 2. The predicted molar refractivity (Wildman–Crippen MR) is 340 cm³/mol. The van der Waals surface area contributed by atoms with E-state index in [0.29, 0.717) is 73.4 Å². The summed E-state index contributed by atoms with van der Waals surface area (Å²) in [4.78, 5) is 54.5. The van der Waals surface area contributed by atoms with Crippen LogP contribution in [0.1, 0.15) is 18.6 Å². The van der Waals surface area contributed by atoms with Gasteiger partial charge in [0.1, 0.15) is 35.6 Å². The second-order valence-electron chi connectivity index (χ2n) is 20.0. The van der Waals surface area contributed by atoms with Crippen molar-refractivity contribution in [2.45, 2.75) is 18.9 Å². The van der Waals surface area contributed by atoms with E-state index in [1.54, 1.807) is 97.6 Å². The number of nitrogen functional groups attached to an aromatic ring is 1. The molecule has 0 spiro atoms. The number of nitrogens with one attached hydrogen (secondary N) is 5. The Bertz CT molecular complexity index is 3740. The Morgan fingerprint density at radius 3 is 1.39 bits per heavy atom. The molecule has 85 heavy (non-hydrogen) atoms. The molecule has 8 aromatic rings. The van der Waals surface area contributed by atoms with Crippen LogP contribution in [-0.4, -0.2) is 167 Å². The molecule has 2 saturated heterocycles. The average molecular weight is 1220 g/mol. The topological polar surface area (TPSA) is 299 Å². The summed E-state index contributed by atoms with van der Waals surface area (Å²) in [6, 6.07) is 32.0. The van der Waals surface area contributed by atoms with Gasteiger partial charge in [-0.05, 0) is 111 Å². The SMILES string of the molecule is C.CN(C)C/C=C/C(=O)Nc1ccc(CS(=O)(=O)Nc2ccc(-c3cc4c(N5CCOCC5)ncnc4[nH]3)cc2)cc1.CN(C)C/C=C/C(=O)O.Cl.Nc1ccc(CS(=O)(=O)Nc2ccc(-c3cc4c(N5CCOCC5)ncnc4[nH]3)cc2)cc1. The number of ether oxygens (including phenoxy) is 2. The van der Waals surface area contributed by atoms with Gasteiger partial charge in [0.2, 0.25) is 26.0 Å². The molecule has 8 N–H and O–H groups in total. The van der Waals surface area contributed by atoms with Gasteiger partial charge >= 0.3 is 5.97 Å². The van der Waals surface area contributed by atoms with E-state index in [2.05, 4.69) is 54.5 Å². The van der Waals surface area contributed by atoms with Crippen molar-refractivity contribution in [1.82, 2.24) is 39.7 Å². The number of hydrogen-bond donors (Lipinski definition) is 7. The fraction of sp³-hybridized carbons (Fsp3) is 0.288. The monoisotopic (exact) mass is 1220 g/mol. The summed E-state index contributed by atoms with van der Waals surface area (Å²) in [5, 5.41) is 12.8. The number of morpholine rings is 2. The van der Waals surface area contributed by atoms with Gasteiger partial charge in [0.15, 0.2) is 0 Å². The first-order valence-electron chi connectivity index (χ1n) is 26.5. The van der Waals surface area contributed by atoms with Crippen LogP contribution >= 0.6 is 12.4 Å². The maximum absolute atomic E-state index is 12.8. The number of aromatic nitrogens is 6. The third-order valence-corrected chi connectivity index (χ3v) is 15.3. The van der Waals surface area contributed by atoms with Gasteiger partial charge in [-0.1, -0.05) is 68.1 Å². The largest absolute Gasteiger partial charge is 0.478 e. The van der Waals surface area contributed by atoms with Crippen molar-refractivity contribution < 1.29 is 41.0 Å².